The Balaban J connectivity index is 2.17. The highest BCUT2D eigenvalue weighted by molar-refractivity contribution is 5.77. The molecule has 2 atom stereocenters. The lowest BCUT2D eigenvalue weighted by Gasteiger charge is -2.31. The zero-order valence-corrected chi connectivity index (χ0v) is 10.7. The average Bonchev–Trinajstić information content (AvgIpc) is 2.37. The first kappa shape index (κ1) is 14.4. The summed E-state index contributed by atoms with van der Waals surface area (Å²) in [6.07, 6.45) is 4.81. The van der Waals surface area contributed by atoms with Gasteiger partial charge in [0.15, 0.2) is 0 Å². The molecule has 4 N–H and O–H groups in total. The molecule has 0 saturated heterocycles. The van der Waals surface area contributed by atoms with Gasteiger partial charge in [0.25, 0.3) is 0 Å². The molecule has 1 fully saturated rings. The Labute approximate surface area is 103 Å². The van der Waals surface area contributed by atoms with E-state index in [2.05, 4.69) is 10.6 Å². The third kappa shape index (κ3) is 5.48. The summed E-state index contributed by atoms with van der Waals surface area (Å²) in [6, 6.07) is 0.405. The predicted molar refractivity (Wildman–Crippen MR) is 67.7 cm³/mol. The molecular formula is C12H25N3O2. The molecule has 0 aromatic rings. The Morgan fingerprint density at radius 3 is 2.88 bits per heavy atom. The van der Waals surface area contributed by atoms with E-state index in [9.17, 15) is 4.79 Å². The van der Waals surface area contributed by atoms with Crippen LogP contribution in [0.4, 0.5) is 0 Å². The molecule has 5 heteroatoms. The molecule has 5 nitrogen and oxygen atoms in total. The summed E-state index contributed by atoms with van der Waals surface area (Å²) in [4.78, 5) is 11.5. The number of amides is 1. The van der Waals surface area contributed by atoms with Crippen LogP contribution in [-0.2, 0) is 9.53 Å². The maximum absolute atomic E-state index is 11.5. The lowest BCUT2D eigenvalue weighted by molar-refractivity contribution is -0.120. The van der Waals surface area contributed by atoms with Gasteiger partial charge in [0, 0.05) is 19.7 Å². The molecule has 100 valence electrons. The topological polar surface area (TPSA) is 76.4 Å². The smallest absolute Gasteiger partial charge is 0.234 e. The molecule has 1 saturated carbocycles. The van der Waals surface area contributed by atoms with Gasteiger partial charge in [-0.25, -0.2) is 0 Å². The highest BCUT2D eigenvalue weighted by Gasteiger charge is 2.23. The largest absolute Gasteiger partial charge is 0.383 e. The van der Waals surface area contributed by atoms with Crippen molar-refractivity contribution in [2.75, 3.05) is 33.4 Å². The van der Waals surface area contributed by atoms with E-state index in [-0.39, 0.29) is 5.91 Å². The Morgan fingerprint density at radius 1 is 1.41 bits per heavy atom. The number of carbonyl (C=O) groups is 1. The molecule has 1 aliphatic rings. The van der Waals surface area contributed by atoms with Gasteiger partial charge in [-0.1, -0.05) is 12.8 Å². The van der Waals surface area contributed by atoms with Crippen molar-refractivity contribution in [1.29, 1.82) is 0 Å². The van der Waals surface area contributed by atoms with Gasteiger partial charge in [0.05, 0.1) is 13.2 Å². The molecule has 2 unspecified atom stereocenters. The molecule has 0 aromatic carbocycles. The van der Waals surface area contributed by atoms with Crippen molar-refractivity contribution in [3.8, 4) is 0 Å². The quantitative estimate of drug-likeness (QED) is 0.544. The first-order valence-electron chi connectivity index (χ1n) is 6.47. The number of hydrogen-bond acceptors (Lipinski definition) is 4. The summed E-state index contributed by atoms with van der Waals surface area (Å²) < 4.78 is 4.87. The van der Waals surface area contributed by atoms with E-state index < -0.39 is 0 Å². The molecule has 0 aromatic heterocycles. The van der Waals surface area contributed by atoms with Crippen molar-refractivity contribution >= 4 is 5.91 Å². The molecule has 1 aliphatic carbocycles. The van der Waals surface area contributed by atoms with Gasteiger partial charge in [-0.05, 0) is 25.3 Å². The second-order valence-electron chi connectivity index (χ2n) is 4.61. The van der Waals surface area contributed by atoms with Gasteiger partial charge in [-0.15, -0.1) is 0 Å². The number of hydrogen-bond donors (Lipinski definition) is 3. The Bertz CT molecular complexity index is 224. The van der Waals surface area contributed by atoms with E-state index in [0.717, 1.165) is 6.42 Å². The van der Waals surface area contributed by atoms with E-state index in [1.54, 1.807) is 7.11 Å². The zero-order chi connectivity index (χ0) is 12.5. The van der Waals surface area contributed by atoms with Crippen LogP contribution in [0, 0.1) is 5.92 Å². The van der Waals surface area contributed by atoms with Gasteiger partial charge in [-0.3, -0.25) is 4.79 Å². The summed E-state index contributed by atoms with van der Waals surface area (Å²) in [6.45, 7) is 2.22. The third-order valence-electron chi connectivity index (χ3n) is 3.36. The molecule has 0 heterocycles. The van der Waals surface area contributed by atoms with Crippen LogP contribution in [0.2, 0.25) is 0 Å². The molecule has 0 radical (unpaired) electrons. The van der Waals surface area contributed by atoms with Crippen molar-refractivity contribution in [3.05, 3.63) is 0 Å². The van der Waals surface area contributed by atoms with Crippen molar-refractivity contribution in [1.82, 2.24) is 10.6 Å². The Morgan fingerprint density at radius 2 is 2.18 bits per heavy atom. The van der Waals surface area contributed by atoms with E-state index in [1.165, 1.54) is 19.3 Å². The lowest BCUT2D eigenvalue weighted by atomic mass is 9.84. The number of nitrogens with one attached hydrogen (secondary N) is 2. The van der Waals surface area contributed by atoms with Crippen molar-refractivity contribution in [2.45, 2.75) is 31.7 Å². The zero-order valence-electron chi connectivity index (χ0n) is 10.7. The van der Waals surface area contributed by atoms with Crippen molar-refractivity contribution in [2.24, 2.45) is 11.7 Å². The van der Waals surface area contributed by atoms with Crippen LogP contribution in [0.25, 0.3) is 0 Å². The second-order valence-corrected chi connectivity index (χ2v) is 4.61. The monoisotopic (exact) mass is 243 g/mol. The average molecular weight is 243 g/mol. The van der Waals surface area contributed by atoms with E-state index in [0.29, 0.717) is 38.2 Å². The highest BCUT2D eigenvalue weighted by atomic mass is 16.5. The maximum Gasteiger partial charge on any atom is 0.234 e. The van der Waals surface area contributed by atoms with Crippen LogP contribution in [0.3, 0.4) is 0 Å². The minimum absolute atomic E-state index is 0.0309. The molecule has 17 heavy (non-hydrogen) atoms. The summed E-state index contributed by atoms with van der Waals surface area (Å²) in [5.74, 6) is 0.555. The molecule has 0 spiro atoms. The van der Waals surface area contributed by atoms with Crippen LogP contribution in [0.5, 0.6) is 0 Å². The van der Waals surface area contributed by atoms with Crippen molar-refractivity contribution < 1.29 is 9.53 Å². The lowest BCUT2D eigenvalue weighted by Crippen LogP contribution is -2.46. The van der Waals surface area contributed by atoms with Crippen LogP contribution in [0.1, 0.15) is 25.7 Å². The fourth-order valence-electron chi connectivity index (χ4n) is 2.34. The molecule has 1 amide bonds. The van der Waals surface area contributed by atoms with E-state index in [4.69, 9.17) is 10.5 Å². The van der Waals surface area contributed by atoms with Gasteiger partial charge >= 0.3 is 0 Å². The van der Waals surface area contributed by atoms with Crippen molar-refractivity contribution in [3.63, 3.8) is 0 Å². The standard InChI is InChI=1S/C12H25N3O2/c1-17-7-6-14-12(16)9-15-11-5-3-2-4-10(11)8-13/h10-11,15H,2-9,13H2,1H3,(H,14,16). The highest BCUT2D eigenvalue weighted by Crippen LogP contribution is 2.23. The van der Waals surface area contributed by atoms with Gasteiger partial charge in [0.1, 0.15) is 0 Å². The first-order chi connectivity index (χ1) is 8.27. The van der Waals surface area contributed by atoms with Crippen LogP contribution < -0.4 is 16.4 Å². The number of methoxy groups -OCH3 is 1. The second kappa shape index (κ2) is 8.44. The number of ether oxygens (including phenoxy) is 1. The maximum atomic E-state index is 11.5. The predicted octanol–water partition coefficient (Wildman–Crippen LogP) is -0.144. The Hall–Kier alpha value is -0.650. The summed E-state index contributed by atoms with van der Waals surface area (Å²) in [7, 11) is 1.62. The van der Waals surface area contributed by atoms with Gasteiger partial charge < -0.3 is 21.1 Å². The minimum atomic E-state index is 0.0309. The summed E-state index contributed by atoms with van der Waals surface area (Å²) >= 11 is 0. The third-order valence-corrected chi connectivity index (χ3v) is 3.36. The summed E-state index contributed by atoms with van der Waals surface area (Å²) in [5.41, 5.74) is 5.74. The summed E-state index contributed by atoms with van der Waals surface area (Å²) in [5, 5.41) is 6.11. The normalized spacial score (nSPS) is 24.6. The van der Waals surface area contributed by atoms with Crippen LogP contribution in [0.15, 0.2) is 0 Å². The van der Waals surface area contributed by atoms with Crippen LogP contribution in [-0.4, -0.2) is 45.3 Å². The number of nitrogens with two attached hydrogens (primary N) is 1. The minimum Gasteiger partial charge on any atom is -0.383 e. The molecule has 0 aliphatic heterocycles. The van der Waals surface area contributed by atoms with Gasteiger partial charge in [-0.2, -0.15) is 0 Å². The molecule has 1 rings (SSSR count). The number of carbonyl (C=O) groups excluding carboxylic acids is 1. The first-order valence-corrected chi connectivity index (χ1v) is 6.47. The van der Waals surface area contributed by atoms with Crippen LogP contribution >= 0.6 is 0 Å². The van der Waals surface area contributed by atoms with E-state index >= 15 is 0 Å². The molecule has 0 bridgehead atoms. The number of rotatable bonds is 7. The van der Waals surface area contributed by atoms with E-state index in [1.807, 2.05) is 0 Å². The SMILES string of the molecule is COCCNC(=O)CNC1CCCCC1CN. The fraction of sp³-hybridized carbons (Fsp3) is 0.917. The Kier molecular flexibility index (Phi) is 7.16. The molecular weight excluding hydrogens is 218 g/mol. The van der Waals surface area contributed by atoms with Gasteiger partial charge in [0.2, 0.25) is 5.91 Å². The fourth-order valence-corrected chi connectivity index (χ4v) is 2.34.